The second kappa shape index (κ2) is 8.25. The molecule has 0 radical (unpaired) electrons. The van der Waals surface area contributed by atoms with E-state index < -0.39 is 0 Å². The van der Waals surface area contributed by atoms with Crippen LogP contribution in [0, 0.1) is 12.8 Å². The van der Waals surface area contributed by atoms with Gasteiger partial charge in [0.2, 0.25) is 5.91 Å². The van der Waals surface area contributed by atoms with Gasteiger partial charge < -0.3 is 15.8 Å². The highest BCUT2D eigenvalue weighted by Crippen LogP contribution is 2.24. The molecule has 1 saturated carbocycles. The average molecular weight is 313 g/mol. The summed E-state index contributed by atoms with van der Waals surface area (Å²) < 4.78 is 5.79. The van der Waals surface area contributed by atoms with Crippen LogP contribution in [0.25, 0.3) is 0 Å². The Hall–Kier alpha value is -1.26. The van der Waals surface area contributed by atoms with E-state index in [0.717, 1.165) is 25.0 Å². The molecule has 3 atom stereocenters. The largest absolute Gasteiger partial charge is 0.489 e. The SMILES string of the molecule is Cc1cccc(OC(C)CNC(=O)C2CCC(N)C2)c1.Cl. The Morgan fingerprint density at radius 1 is 1.48 bits per heavy atom. The maximum Gasteiger partial charge on any atom is 0.223 e. The molecule has 1 aliphatic rings. The molecule has 0 saturated heterocycles. The molecular weight excluding hydrogens is 288 g/mol. The van der Waals surface area contributed by atoms with E-state index in [2.05, 4.69) is 5.32 Å². The Morgan fingerprint density at radius 2 is 2.24 bits per heavy atom. The fraction of sp³-hybridized carbons (Fsp3) is 0.562. The molecule has 3 N–H and O–H groups in total. The van der Waals surface area contributed by atoms with Crippen molar-refractivity contribution in [1.82, 2.24) is 5.32 Å². The molecule has 1 aliphatic carbocycles. The van der Waals surface area contributed by atoms with E-state index in [1.807, 2.05) is 38.1 Å². The third kappa shape index (κ3) is 5.56. The summed E-state index contributed by atoms with van der Waals surface area (Å²) >= 11 is 0. The standard InChI is InChI=1S/C16H24N2O2.ClH/c1-11-4-3-5-15(8-11)20-12(2)10-18-16(19)13-6-7-14(17)9-13;/h3-5,8,12-14H,6-7,9-10,17H2,1-2H3,(H,18,19);1H. The van der Waals surface area contributed by atoms with Gasteiger partial charge in [0, 0.05) is 12.0 Å². The minimum absolute atomic E-state index is 0. The van der Waals surface area contributed by atoms with E-state index in [4.69, 9.17) is 10.5 Å². The number of hydrogen-bond donors (Lipinski definition) is 2. The van der Waals surface area contributed by atoms with Gasteiger partial charge in [-0.05, 0) is 50.8 Å². The van der Waals surface area contributed by atoms with Crippen LogP contribution < -0.4 is 15.8 Å². The van der Waals surface area contributed by atoms with Crippen molar-refractivity contribution in [2.24, 2.45) is 11.7 Å². The van der Waals surface area contributed by atoms with Crippen molar-refractivity contribution in [3.8, 4) is 5.75 Å². The molecule has 21 heavy (non-hydrogen) atoms. The molecular formula is C16H25ClN2O2. The van der Waals surface area contributed by atoms with E-state index in [1.165, 1.54) is 5.56 Å². The summed E-state index contributed by atoms with van der Waals surface area (Å²) in [5.74, 6) is 1.03. The molecule has 0 aliphatic heterocycles. The van der Waals surface area contributed by atoms with Crippen LogP contribution in [0.2, 0.25) is 0 Å². The highest BCUT2D eigenvalue weighted by atomic mass is 35.5. The highest BCUT2D eigenvalue weighted by Gasteiger charge is 2.27. The summed E-state index contributed by atoms with van der Waals surface area (Å²) in [4.78, 5) is 12.0. The predicted molar refractivity (Wildman–Crippen MR) is 86.8 cm³/mol. The topological polar surface area (TPSA) is 64.3 Å². The Kier molecular flexibility index (Phi) is 6.99. The maximum atomic E-state index is 12.0. The molecule has 1 amide bonds. The lowest BCUT2D eigenvalue weighted by atomic mass is 10.1. The molecule has 2 rings (SSSR count). The van der Waals surface area contributed by atoms with Gasteiger partial charge in [-0.15, -0.1) is 12.4 Å². The van der Waals surface area contributed by atoms with Crippen LogP contribution in [-0.4, -0.2) is 24.6 Å². The first kappa shape index (κ1) is 17.8. The van der Waals surface area contributed by atoms with Crippen LogP contribution in [0.1, 0.15) is 31.7 Å². The van der Waals surface area contributed by atoms with Crippen molar-refractivity contribution in [2.45, 2.75) is 45.3 Å². The monoisotopic (exact) mass is 312 g/mol. The molecule has 118 valence electrons. The fourth-order valence-electron chi connectivity index (χ4n) is 2.61. The third-order valence-electron chi connectivity index (χ3n) is 3.73. The van der Waals surface area contributed by atoms with Gasteiger partial charge in [-0.25, -0.2) is 0 Å². The normalized spacial score (nSPS) is 22.2. The molecule has 3 unspecified atom stereocenters. The van der Waals surface area contributed by atoms with Crippen LogP contribution in [0.4, 0.5) is 0 Å². The van der Waals surface area contributed by atoms with E-state index in [0.29, 0.717) is 6.54 Å². The van der Waals surface area contributed by atoms with Gasteiger partial charge >= 0.3 is 0 Å². The zero-order chi connectivity index (χ0) is 14.5. The smallest absolute Gasteiger partial charge is 0.223 e. The molecule has 0 aromatic heterocycles. The van der Waals surface area contributed by atoms with Gasteiger partial charge in [0.1, 0.15) is 11.9 Å². The summed E-state index contributed by atoms with van der Waals surface area (Å²) in [6.07, 6.45) is 2.61. The predicted octanol–water partition coefficient (Wildman–Crippen LogP) is 2.43. The molecule has 4 nitrogen and oxygen atoms in total. The number of carbonyl (C=O) groups is 1. The van der Waals surface area contributed by atoms with Crippen molar-refractivity contribution in [2.75, 3.05) is 6.54 Å². The number of nitrogens with two attached hydrogens (primary N) is 1. The second-order valence-electron chi connectivity index (χ2n) is 5.76. The number of aryl methyl sites for hydroxylation is 1. The summed E-state index contributed by atoms with van der Waals surface area (Å²) in [5, 5.41) is 2.96. The summed E-state index contributed by atoms with van der Waals surface area (Å²) in [6.45, 7) is 4.52. The third-order valence-corrected chi connectivity index (χ3v) is 3.73. The van der Waals surface area contributed by atoms with Gasteiger partial charge in [0.05, 0.1) is 6.54 Å². The Bertz CT molecular complexity index is 467. The number of hydrogen-bond acceptors (Lipinski definition) is 3. The summed E-state index contributed by atoms with van der Waals surface area (Å²) in [7, 11) is 0. The van der Waals surface area contributed by atoms with E-state index in [9.17, 15) is 4.79 Å². The molecule has 5 heteroatoms. The van der Waals surface area contributed by atoms with Gasteiger partial charge in [-0.3, -0.25) is 4.79 Å². The first-order valence-electron chi connectivity index (χ1n) is 7.31. The minimum atomic E-state index is -0.0455. The van der Waals surface area contributed by atoms with Gasteiger partial charge in [0.25, 0.3) is 0 Å². The quantitative estimate of drug-likeness (QED) is 0.877. The number of nitrogens with one attached hydrogen (secondary N) is 1. The number of amides is 1. The molecule has 1 aromatic carbocycles. The molecule has 1 fully saturated rings. The van der Waals surface area contributed by atoms with Crippen molar-refractivity contribution in [3.63, 3.8) is 0 Å². The Labute approximate surface area is 132 Å². The second-order valence-corrected chi connectivity index (χ2v) is 5.76. The first-order valence-corrected chi connectivity index (χ1v) is 7.31. The van der Waals surface area contributed by atoms with Gasteiger partial charge in [-0.1, -0.05) is 12.1 Å². The fourth-order valence-corrected chi connectivity index (χ4v) is 2.61. The average Bonchev–Trinajstić information content (AvgIpc) is 2.83. The Balaban J connectivity index is 0.00000220. The molecule has 0 spiro atoms. The zero-order valence-corrected chi connectivity index (χ0v) is 13.5. The Morgan fingerprint density at radius 3 is 2.86 bits per heavy atom. The number of benzene rings is 1. The van der Waals surface area contributed by atoms with Crippen molar-refractivity contribution in [3.05, 3.63) is 29.8 Å². The minimum Gasteiger partial charge on any atom is -0.489 e. The van der Waals surface area contributed by atoms with E-state index in [1.54, 1.807) is 0 Å². The van der Waals surface area contributed by atoms with Crippen LogP contribution in [-0.2, 0) is 4.79 Å². The molecule has 1 aromatic rings. The number of rotatable bonds is 5. The number of carbonyl (C=O) groups excluding carboxylic acids is 1. The van der Waals surface area contributed by atoms with Gasteiger partial charge in [-0.2, -0.15) is 0 Å². The number of ether oxygens (including phenoxy) is 1. The molecule has 0 heterocycles. The lowest BCUT2D eigenvalue weighted by molar-refractivity contribution is -0.125. The number of halogens is 1. The van der Waals surface area contributed by atoms with E-state index in [-0.39, 0.29) is 36.4 Å². The van der Waals surface area contributed by atoms with Crippen molar-refractivity contribution >= 4 is 18.3 Å². The van der Waals surface area contributed by atoms with Gasteiger partial charge in [0.15, 0.2) is 0 Å². The summed E-state index contributed by atoms with van der Waals surface area (Å²) in [6, 6.07) is 8.11. The van der Waals surface area contributed by atoms with Crippen LogP contribution in [0.5, 0.6) is 5.75 Å². The zero-order valence-electron chi connectivity index (χ0n) is 12.7. The van der Waals surface area contributed by atoms with Crippen molar-refractivity contribution in [1.29, 1.82) is 0 Å². The van der Waals surface area contributed by atoms with Crippen LogP contribution in [0.3, 0.4) is 0 Å². The van der Waals surface area contributed by atoms with Crippen molar-refractivity contribution < 1.29 is 9.53 Å². The summed E-state index contributed by atoms with van der Waals surface area (Å²) in [5.41, 5.74) is 7.00. The lowest BCUT2D eigenvalue weighted by Crippen LogP contribution is -2.37. The lowest BCUT2D eigenvalue weighted by Gasteiger charge is -2.17. The van der Waals surface area contributed by atoms with Crippen LogP contribution in [0.15, 0.2) is 24.3 Å². The highest BCUT2D eigenvalue weighted by molar-refractivity contribution is 5.85. The van der Waals surface area contributed by atoms with E-state index >= 15 is 0 Å². The first-order chi connectivity index (χ1) is 9.54. The maximum absolute atomic E-state index is 12.0. The molecule has 0 bridgehead atoms. The van der Waals surface area contributed by atoms with Crippen LogP contribution >= 0.6 is 12.4 Å².